The summed E-state index contributed by atoms with van der Waals surface area (Å²) in [6, 6.07) is 18.4. The molecule has 0 aliphatic carbocycles. The summed E-state index contributed by atoms with van der Waals surface area (Å²) in [4.78, 5) is 18.1. The van der Waals surface area contributed by atoms with E-state index in [1.165, 1.54) is 4.90 Å². The highest BCUT2D eigenvalue weighted by molar-refractivity contribution is 5.76. The Bertz CT molecular complexity index is 687. The first-order valence-corrected chi connectivity index (χ1v) is 7.27. The summed E-state index contributed by atoms with van der Waals surface area (Å²) in [5.41, 5.74) is 2.16. The molecule has 1 aliphatic rings. The molecule has 1 heterocycles. The minimum atomic E-state index is -1.02. The highest BCUT2D eigenvalue weighted by Crippen LogP contribution is 2.34. The molecule has 0 aromatic heterocycles. The van der Waals surface area contributed by atoms with Crippen LogP contribution in [-0.2, 0) is 9.62 Å². The second kappa shape index (κ2) is 6.64. The number of rotatable bonds is 5. The highest BCUT2D eigenvalue weighted by atomic mass is 17.1. The fourth-order valence-corrected chi connectivity index (χ4v) is 2.70. The van der Waals surface area contributed by atoms with Crippen molar-refractivity contribution in [3.05, 3.63) is 78.4 Å². The lowest BCUT2D eigenvalue weighted by Crippen LogP contribution is -2.40. The maximum atomic E-state index is 12.2. The molecule has 23 heavy (non-hydrogen) atoms. The van der Waals surface area contributed by atoms with Gasteiger partial charge in [0.25, 0.3) is 0 Å². The van der Waals surface area contributed by atoms with E-state index < -0.39 is 12.3 Å². The molecular formula is C18H17NO4. The van der Waals surface area contributed by atoms with Crippen molar-refractivity contribution in [1.29, 1.82) is 0 Å². The number of carbonyl (C=O) groups excluding carboxylic acids is 1. The molecule has 0 spiro atoms. The number of cyclic esters (lactones) is 1. The number of amides is 1. The summed E-state index contributed by atoms with van der Waals surface area (Å²) in [5, 5.41) is 9.39. The lowest BCUT2D eigenvalue weighted by atomic mass is 10.0. The number of carbonyl (C=O) groups is 1. The standard InChI is InChI=1S/C18H17NO4/c1-13(14-8-4-2-5-9-14)17(23-21)19-16(12-22-18(19)20)15-10-6-3-7-11-15/h2-11,16-17,21H,1,12H2/t16-,17-/m1/s1. The third-order valence-corrected chi connectivity index (χ3v) is 3.89. The largest absolute Gasteiger partial charge is 0.447 e. The number of hydrogen-bond donors (Lipinski definition) is 1. The van der Waals surface area contributed by atoms with Crippen LogP contribution >= 0.6 is 0 Å². The van der Waals surface area contributed by atoms with E-state index in [1.807, 2.05) is 60.7 Å². The summed E-state index contributed by atoms with van der Waals surface area (Å²) in [5.74, 6) is 0. The van der Waals surface area contributed by atoms with Crippen LogP contribution in [0.4, 0.5) is 4.79 Å². The van der Waals surface area contributed by atoms with Crippen LogP contribution < -0.4 is 0 Å². The molecular weight excluding hydrogens is 294 g/mol. The van der Waals surface area contributed by atoms with E-state index >= 15 is 0 Å². The van der Waals surface area contributed by atoms with Gasteiger partial charge in [-0.2, -0.15) is 0 Å². The van der Waals surface area contributed by atoms with Gasteiger partial charge in [-0.05, 0) is 11.1 Å². The molecule has 5 heteroatoms. The van der Waals surface area contributed by atoms with Crippen LogP contribution in [0.5, 0.6) is 0 Å². The molecule has 1 aliphatic heterocycles. The van der Waals surface area contributed by atoms with E-state index in [0.29, 0.717) is 5.57 Å². The van der Waals surface area contributed by atoms with Crippen LogP contribution in [0.25, 0.3) is 5.57 Å². The quantitative estimate of drug-likeness (QED) is 0.675. The fourth-order valence-electron chi connectivity index (χ4n) is 2.70. The van der Waals surface area contributed by atoms with Gasteiger partial charge in [-0.15, -0.1) is 0 Å². The number of hydrogen-bond acceptors (Lipinski definition) is 4. The van der Waals surface area contributed by atoms with Crippen molar-refractivity contribution in [3.8, 4) is 0 Å². The number of ether oxygens (including phenoxy) is 1. The van der Waals surface area contributed by atoms with Crippen LogP contribution in [0.2, 0.25) is 0 Å². The maximum absolute atomic E-state index is 12.2. The topological polar surface area (TPSA) is 59.0 Å². The Labute approximate surface area is 134 Å². The Morgan fingerprint density at radius 3 is 2.39 bits per heavy atom. The van der Waals surface area contributed by atoms with Crippen molar-refractivity contribution in [3.63, 3.8) is 0 Å². The smallest absolute Gasteiger partial charge is 0.412 e. The summed E-state index contributed by atoms with van der Waals surface area (Å²) < 4.78 is 5.16. The second-order valence-corrected chi connectivity index (χ2v) is 5.26. The minimum Gasteiger partial charge on any atom is -0.447 e. The van der Waals surface area contributed by atoms with Crippen molar-refractivity contribution < 1.29 is 19.7 Å². The zero-order chi connectivity index (χ0) is 16.2. The van der Waals surface area contributed by atoms with E-state index in [4.69, 9.17) is 4.74 Å². The lowest BCUT2D eigenvalue weighted by molar-refractivity contribution is -0.289. The molecule has 0 unspecified atom stereocenters. The van der Waals surface area contributed by atoms with E-state index in [0.717, 1.165) is 11.1 Å². The van der Waals surface area contributed by atoms with Gasteiger partial charge < -0.3 is 4.74 Å². The second-order valence-electron chi connectivity index (χ2n) is 5.26. The first-order valence-electron chi connectivity index (χ1n) is 7.27. The summed E-state index contributed by atoms with van der Waals surface area (Å²) >= 11 is 0. The van der Waals surface area contributed by atoms with Crippen molar-refractivity contribution in [1.82, 2.24) is 4.90 Å². The summed E-state index contributed by atoms with van der Waals surface area (Å²) in [6.45, 7) is 4.17. The van der Waals surface area contributed by atoms with Crippen LogP contribution in [0.1, 0.15) is 17.2 Å². The molecule has 1 N–H and O–H groups in total. The fraction of sp³-hybridized carbons (Fsp3) is 0.167. The zero-order valence-electron chi connectivity index (χ0n) is 12.5. The van der Waals surface area contributed by atoms with E-state index in [9.17, 15) is 10.1 Å². The van der Waals surface area contributed by atoms with Gasteiger partial charge >= 0.3 is 6.09 Å². The molecule has 2 aromatic carbocycles. The predicted molar refractivity (Wildman–Crippen MR) is 85.3 cm³/mol. The van der Waals surface area contributed by atoms with E-state index in [1.54, 1.807) is 0 Å². The molecule has 118 valence electrons. The molecule has 3 rings (SSSR count). The Morgan fingerprint density at radius 2 is 1.78 bits per heavy atom. The van der Waals surface area contributed by atoms with Gasteiger partial charge in [0.15, 0.2) is 6.23 Å². The van der Waals surface area contributed by atoms with Crippen molar-refractivity contribution in [2.75, 3.05) is 6.61 Å². The first kappa shape index (κ1) is 15.3. The van der Waals surface area contributed by atoms with Crippen LogP contribution in [0.15, 0.2) is 67.2 Å². The Balaban J connectivity index is 1.92. The van der Waals surface area contributed by atoms with Crippen LogP contribution in [-0.4, -0.2) is 29.1 Å². The Kier molecular flexibility index (Phi) is 4.41. The van der Waals surface area contributed by atoms with Gasteiger partial charge in [0, 0.05) is 5.57 Å². The van der Waals surface area contributed by atoms with Gasteiger partial charge in [-0.3, -0.25) is 4.90 Å². The van der Waals surface area contributed by atoms with Crippen LogP contribution in [0, 0.1) is 0 Å². The monoisotopic (exact) mass is 311 g/mol. The van der Waals surface area contributed by atoms with Crippen molar-refractivity contribution in [2.45, 2.75) is 12.3 Å². The third-order valence-electron chi connectivity index (χ3n) is 3.89. The van der Waals surface area contributed by atoms with Crippen molar-refractivity contribution >= 4 is 11.7 Å². The Morgan fingerprint density at radius 1 is 1.17 bits per heavy atom. The lowest BCUT2D eigenvalue weighted by Gasteiger charge is -2.29. The van der Waals surface area contributed by atoms with Gasteiger partial charge in [0.05, 0.1) is 6.04 Å². The molecule has 2 atom stereocenters. The molecule has 0 saturated carbocycles. The first-order chi connectivity index (χ1) is 11.2. The van der Waals surface area contributed by atoms with Gasteiger partial charge in [-0.25, -0.2) is 14.9 Å². The normalized spacial score (nSPS) is 18.6. The molecule has 2 aromatic rings. The highest BCUT2D eigenvalue weighted by Gasteiger charge is 2.41. The van der Waals surface area contributed by atoms with Crippen LogP contribution in [0.3, 0.4) is 0 Å². The van der Waals surface area contributed by atoms with E-state index in [2.05, 4.69) is 11.5 Å². The molecule has 1 fully saturated rings. The summed E-state index contributed by atoms with van der Waals surface area (Å²) in [6.07, 6.45) is -1.56. The zero-order valence-corrected chi connectivity index (χ0v) is 12.5. The molecule has 0 bridgehead atoms. The third kappa shape index (κ3) is 2.97. The number of benzene rings is 2. The Hall–Kier alpha value is -2.63. The molecule has 1 amide bonds. The SMILES string of the molecule is C=C(c1ccccc1)[C@@H](OO)N1C(=O)OC[C@@H]1c1ccccc1. The van der Waals surface area contributed by atoms with Gasteiger partial charge in [0.1, 0.15) is 6.61 Å². The molecule has 5 nitrogen and oxygen atoms in total. The molecule has 1 saturated heterocycles. The molecule has 0 radical (unpaired) electrons. The number of nitrogens with zero attached hydrogens (tertiary/aromatic N) is 1. The minimum absolute atomic E-state index is 0.199. The summed E-state index contributed by atoms with van der Waals surface area (Å²) in [7, 11) is 0. The van der Waals surface area contributed by atoms with Gasteiger partial charge in [0.2, 0.25) is 0 Å². The predicted octanol–water partition coefficient (Wildman–Crippen LogP) is 3.71. The van der Waals surface area contributed by atoms with Gasteiger partial charge in [-0.1, -0.05) is 67.2 Å². The average molecular weight is 311 g/mol. The maximum Gasteiger partial charge on any atom is 0.412 e. The average Bonchev–Trinajstić information content (AvgIpc) is 2.99. The van der Waals surface area contributed by atoms with E-state index in [-0.39, 0.29) is 12.6 Å². The van der Waals surface area contributed by atoms with Crippen molar-refractivity contribution in [2.24, 2.45) is 0 Å².